The molecule has 0 aromatic rings. The first-order valence-electron chi connectivity index (χ1n) is 6.04. The standard InChI is InChI=1S/2C5H5.C5H9.ClH.Zr/c2*1-2-4-5-3-1;1-4-5(2)3;;/h2*1-3H,4H2;1,4-5H,2-3H3;1H;/q;;;;+1/p-1. The molecule has 0 saturated heterocycles. The van der Waals surface area contributed by atoms with E-state index in [1.165, 1.54) is 12.8 Å². The molecule has 0 amide bonds. The first-order valence-corrected chi connectivity index (χ1v) is 9.92. The monoisotopic (exact) mass is 324 g/mol. The average Bonchev–Trinajstić information content (AvgIpc) is 2.88. The molecular weight excluding hydrogens is 307 g/mol. The third kappa shape index (κ3) is 4.23. The zero-order valence-corrected chi connectivity index (χ0v) is 13.7. The maximum atomic E-state index is 2.57. The predicted octanol–water partition coefficient (Wildman–Crippen LogP) is 1.47. The molecule has 2 aliphatic rings. The topological polar surface area (TPSA) is 0 Å². The molecule has 90 valence electrons. The van der Waals surface area contributed by atoms with Crippen LogP contribution in [0, 0.1) is 5.92 Å². The number of hydrogen-bond donors (Lipinski definition) is 0. The smallest absolute Gasteiger partial charge is 1.00 e. The average molecular weight is 326 g/mol. The Morgan fingerprint density at radius 1 is 1.06 bits per heavy atom. The zero-order valence-electron chi connectivity index (χ0n) is 10.5. The van der Waals surface area contributed by atoms with Gasteiger partial charge in [0.2, 0.25) is 0 Å². The molecule has 0 aromatic heterocycles. The van der Waals surface area contributed by atoms with Crippen LogP contribution in [0.1, 0.15) is 26.7 Å². The van der Waals surface area contributed by atoms with Gasteiger partial charge >= 0.3 is 107 Å². The van der Waals surface area contributed by atoms with E-state index in [0.29, 0.717) is 5.92 Å². The van der Waals surface area contributed by atoms with Crippen LogP contribution in [0.15, 0.2) is 52.9 Å². The van der Waals surface area contributed by atoms with E-state index in [4.69, 9.17) is 0 Å². The Hall–Kier alpha value is -0.127. The van der Waals surface area contributed by atoms with Crippen molar-refractivity contribution in [2.45, 2.75) is 26.7 Å². The van der Waals surface area contributed by atoms with Crippen LogP contribution >= 0.6 is 0 Å². The second-order valence-corrected chi connectivity index (χ2v) is 10.7. The van der Waals surface area contributed by atoms with Gasteiger partial charge in [0.05, 0.1) is 0 Å². The molecule has 0 saturated carbocycles. The van der Waals surface area contributed by atoms with Gasteiger partial charge in [0, 0.05) is 0 Å². The zero-order chi connectivity index (χ0) is 11.4. The van der Waals surface area contributed by atoms with Gasteiger partial charge in [-0.3, -0.25) is 0 Å². The van der Waals surface area contributed by atoms with Crippen molar-refractivity contribution in [3.05, 3.63) is 52.9 Å². The van der Waals surface area contributed by atoms with Crippen molar-refractivity contribution in [2.75, 3.05) is 0 Å². The molecule has 0 N–H and O–H groups in total. The van der Waals surface area contributed by atoms with E-state index >= 15 is 0 Å². The quantitative estimate of drug-likeness (QED) is 0.734. The van der Waals surface area contributed by atoms with Crippen LogP contribution in [0.5, 0.6) is 0 Å². The normalized spacial score (nSPS) is 17.6. The molecule has 0 fully saturated rings. The summed E-state index contributed by atoms with van der Waals surface area (Å²) in [6.45, 7) is 4.53. The molecule has 0 aromatic carbocycles. The summed E-state index contributed by atoms with van der Waals surface area (Å²) >= 11 is -1.60. The van der Waals surface area contributed by atoms with E-state index in [1.54, 1.807) is 6.56 Å². The minimum Gasteiger partial charge on any atom is -1.00 e. The predicted molar refractivity (Wildman–Crippen MR) is 67.7 cm³/mol. The van der Waals surface area contributed by atoms with E-state index in [0.717, 1.165) is 0 Å². The third-order valence-electron chi connectivity index (χ3n) is 2.88. The summed E-state index contributed by atoms with van der Waals surface area (Å²) in [5.74, 6) is 0.681. The molecule has 2 aliphatic carbocycles. The summed E-state index contributed by atoms with van der Waals surface area (Å²) in [4.78, 5) is 0. The van der Waals surface area contributed by atoms with Gasteiger partial charge in [-0.2, -0.15) is 0 Å². The second-order valence-electron chi connectivity index (χ2n) is 4.67. The van der Waals surface area contributed by atoms with Crippen LogP contribution in [-0.2, 0) is 21.8 Å². The van der Waals surface area contributed by atoms with Crippen LogP contribution in [0.2, 0.25) is 0 Å². The molecule has 0 unspecified atom stereocenters. The molecule has 0 atom stereocenters. The van der Waals surface area contributed by atoms with Gasteiger partial charge in [-0.25, -0.2) is 0 Å². The van der Waals surface area contributed by atoms with Gasteiger partial charge in [-0.1, -0.05) is 0 Å². The summed E-state index contributed by atoms with van der Waals surface area (Å²) < 4.78 is 6.04. The molecule has 0 heterocycles. The van der Waals surface area contributed by atoms with E-state index < -0.39 is 21.8 Å². The molecule has 2 rings (SSSR count). The SMILES string of the molecule is CC(C)/C=[CH]/[Zr+]([C]1=CC=CC1)[C]1=CC=CC1.[Cl-]. The summed E-state index contributed by atoms with van der Waals surface area (Å²) in [6, 6.07) is 0. The van der Waals surface area contributed by atoms with Gasteiger partial charge in [0.15, 0.2) is 0 Å². The van der Waals surface area contributed by atoms with E-state index in [-0.39, 0.29) is 12.4 Å². The first kappa shape index (κ1) is 14.9. The first-order chi connectivity index (χ1) is 7.77. The van der Waals surface area contributed by atoms with Gasteiger partial charge in [0.1, 0.15) is 0 Å². The van der Waals surface area contributed by atoms with Crippen molar-refractivity contribution < 1.29 is 34.2 Å². The Bertz CT molecular complexity index is 367. The van der Waals surface area contributed by atoms with Crippen molar-refractivity contribution in [1.82, 2.24) is 0 Å². The van der Waals surface area contributed by atoms with Crippen molar-refractivity contribution in [2.24, 2.45) is 5.92 Å². The van der Waals surface area contributed by atoms with Gasteiger partial charge in [0.25, 0.3) is 0 Å². The third-order valence-corrected chi connectivity index (χ3v) is 9.40. The fraction of sp³-hybridized carbons (Fsp3) is 0.333. The van der Waals surface area contributed by atoms with Crippen LogP contribution in [0.4, 0.5) is 0 Å². The molecule has 0 aliphatic heterocycles. The number of allylic oxidation sites excluding steroid dienone is 9. The summed E-state index contributed by atoms with van der Waals surface area (Å²) in [7, 11) is 0. The maximum absolute atomic E-state index is 2.57. The fourth-order valence-electron chi connectivity index (χ4n) is 2.00. The minimum absolute atomic E-state index is 0. The summed E-state index contributed by atoms with van der Waals surface area (Å²) in [6.07, 6.45) is 18.6. The Morgan fingerprint density at radius 2 is 1.59 bits per heavy atom. The van der Waals surface area contributed by atoms with Crippen molar-refractivity contribution >= 4 is 0 Å². The molecule has 17 heavy (non-hydrogen) atoms. The van der Waals surface area contributed by atoms with E-state index in [9.17, 15) is 0 Å². The molecule has 2 heteroatoms. The summed E-state index contributed by atoms with van der Waals surface area (Å²) in [5.41, 5.74) is 0. The fourth-order valence-corrected chi connectivity index (χ4v) is 8.50. The Balaban J connectivity index is 0.00000144. The number of halogens is 1. The largest absolute Gasteiger partial charge is 1.00 e. The van der Waals surface area contributed by atoms with Gasteiger partial charge < -0.3 is 12.4 Å². The van der Waals surface area contributed by atoms with Gasteiger partial charge in [-0.05, 0) is 0 Å². The molecule has 0 spiro atoms. The van der Waals surface area contributed by atoms with Crippen molar-refractivity contribution in [3.63, 3.8) is 0 Å². The van der Waals surface area contributed by atoms with Crippen LogP contribution in [0.3, 0.4) is 0 Å². The van der Waals surface area contributed by atoms with Crippen molar-refractivity contribution in [1.29, 1.82) is 0 Å². The van der Waals surface area contributed by atoms with Crippen LogP contribution < -0.4 is 12.4 Å². The number of hydrogen-bond acceptors (Lipinski definition) is 0. The maximum Gasteiger partial charge on any atom is -1.00 e. The Labute approximate surface area is 119 Å². The number of rotatable bonds is 4. The van der Waals surface area contributed by atoms with Crippen molar-refractivity contribution in [3.8, 4) is 0 Å². The molecular formula is C15H19ClZr. The summed E-state index contributed by atoms with van der Waals surface area (Å²) in [5, 5.41) is 0. The molecule has 0 nitrogen and oxygen atoms in total. The van der Waals surface area contributed by atoms with Gasteiger partial charge in [-0.15, -0.1) is 0 Å². The Morgan fingerprint density at radius 3 is 1.94 bits per heavy atom. The van der Waals surface area contributed by atoms with E-state index in [1.807, 2.05) is 0 Å². The second kappa shape index (κ2) is 7.34. The van der Waals surface area contributed by atoms with Crippen LogP contribution in [-0.4, -0.2) is 0 Å². The Kier molecular flexibility index (Phi) is 6.45. The van der Waals surface area contributed by atoms with E-state index in [2.05, 4.69) is 60.2 Å². The molecule has 0 radical (unpaired) electrons. The van der Waals surface area contributed by atoms with Crippen LogP contribution in [0.25, 0.3) is 0 Å². The molecule has 0 bridgehead atoms. The minimum atomic E-state index is -1.60.